The Hall–Kier alpha value is -2.03. The van der Waals surface area contributed by atoms with Crippen molar-refractivity contribution >= 4 is 22.4 Å². The molecule has 2 aromatic rings. The predicted molar refractivity (Wildman–Crippen MR) is 75.6 cm³/mol. The quantitative estimate of drug-likeness (QED) is 0.787. The second-order valence-corrected chi connectivity index (χ2v) is 5.03. The number of aromatic nitrogens is 5. The maximum absolute atomic E-state index is 11.9. The van der Waals surface area contributed by atoms with Gasteiger partial charge >= 0.3 is 0 Å². The molecule has 0 aliphatic heterocycles. The van der Waals surface area contributed by atoms with Crippen molar-refractivity contribution in [2.24, 2.45) is 0 Å². The zero-order valence-corrected chi connectivity index (χ0v) is 12.3. The first-order chi connectivity index (χ1) is 9.74. The van der Waals surface area contributed by atoms with Crippen LogP contribution in [-0.4, -0.2) is 37.4 Å². The Balaban J connectivity index is 1.90. The van der Waals surface area contributed by atoms with Crippen LogP contribution in [0.15, 0.2) is 6.33 Å². The molecule has 2 N–H and O–H groups in total. The molecule has 2 aromatic heterocycles. The van der Waals surface area contributed by atoms with E-state index in [1.807, 2.05) is 11.5 Å². The lowest BCUT2D eigenvalue weighted by Gasteiger charge is -2.03. The molecule has 108 valence electrons. The number of carbonyl (C=O) groups excluding carboxylic acids is 1. The first-order valence-corrected chi connectivity index (χ1v) is 7.28. The van der Waals surface area contributed by atoms with E-state index in [9.17, 15) is 4.79 Å². The minimum Gasteiger partial charge on any atom is -0.360 e. The summed E-state index contributed by atoms with van der Waals surface area (Å²) in [5.41, 5.74) is 0. The molecule has 0 saturated heterocycles. The third-order valence-electron chi connectivity index (χ3n) is 2.59. The summed E-state index contributed by atoms with van der Waals surface area (Å²) in [4.78, 5) is 11.9. The van der Waals surface area contributed by atoms with Crippen LogP contribution in [0.3, 0.4) is 0 Å². The summed E-state index contributed by atoms with van der Waals surface area (Å²) in [6, 6.07) is 0. The van der Waals surface area contributed by atoms with Crippen molar-refractivity contribution in [1.82, 2.24) is 30.3 Å². The molecule has 0 saturated carbocycles. The van der Waals surface area contributed by atoms with E-state index in [0.717, 1.165) is 25.3 Å². The Morgan fingerprint density at radius 2 is 2.20 bits per heavy atom. The standard InChI is InChI=1S/C11H17N7OS/c1-3-5-12-11-17-16-10(20-11)9(19)13-6-8-15-14-7-18(8)4-2/h7H,3-6H2,1-2H3,(H,12,17)(H,13,19). The minimum absolute atomic E-state index is 0.252. The summed E-state index contributed by atoms with van der Waals surface area (Å²) >= 11 is 1.24. The molecular formula is C11H17N7OS. The Morgan fingerprint density at radius 3 is 2.95 bits per heavy atom. The largest absolute Gasteiger partial charge is 0.360 e. The summed E-state index contributed by atoms with van der Waals surface area (Å²) in [5.74, 6) is 0.465. The van der Waals surface area contributed by atoms with Crippen molar-refractivity contribution < 1.29 is 4.79 Å². The zero-order valence-electron chi connectivity index (χ0n) is 11.5. The van der Waals surface area contributed by atoms with Gasteiger partial charge in [0.2, 0.25) is 10.1 Å². The van der Waals surface area contributed by atoms with Crippen molar-refractivity contribution in [3.63, 3.8) is 0 Å². The molecular weight excluding hydrogens is 278 g/mol. The molecule has 0 aromatic carbocycles. The molecule has 1 amide bonds. The molecule has 2 rings (SSSR count). The van der Waals surface area contributed by atoms with Crippen LogP contribution in [0, 0.1) is 0 Å². The SMILES string of the molecule is CCCNc1nnc(C(=O)NCc2nncn2CC)s1. The van der Waals surface area contributed by atoms with Crippen LogP contribution < -0.4 is 10.6 Å². The van der Waals surface area contributed by atoms with Gasteiger partial charge in [0.05, 0.1) is 6.54 Å². The summed E-state index contributed by atoms with van der Waals surface area (Å²) in [6.45, 7) is 5.96. The van der Waals surface area contributed by atoms with Gasteiger partial charge in [-0.15, -0.1) is 20.4 Å². The van der Waals surface area contributed by atoms with Gasteiger partial charge in [-0.25, -0.2) is 0 Å². The highest BCUT2D eigenvalue weighted by atomic mass is 32.1. The average molecular weight is 295 g/mol. The van der Waals surface area contributed by atoms with Crippen molar-refractivity contribution in [3.8, 4) is 0 Å². The number of nitrogens with zero attached hydrogens (tertiary/aromatic N) is 5. The van der Waals surface area contributed by atoms with Gasteiger partial charge in [-0.3, -0.25) is 4.79 Å². The Kier molecular flexibility index (Phi) is 4.99. The van der Waals surface area contributed by atoms with E-state index in [4.69, 9.17) is 0 Å². The summed E-state index contributed by atoms with van der Waals surface area (Å²) in [6.07, 6.45) is 2.63. The van der Waals surface area contributed by atoms with Crippen LogP contribution in [0.4, 0.5) is 5.13 Å². The molecule has 0 fully saturated rings. The van der Waals surface area contributed by atoms with E-state index in [2.05, 4.69) is 38.0 Å². The van der Waals surface area contributed by atoms with Gasteiger partial charge in [0.25, 0.3) is 5.91 Å². The number of rotatable bonds is 7. The number of aryl methyl sites for hydroxylation is 1. The average Bonchev–Trinajstić information content (AvgIpc) is 3.11. The molecule has 0 radical (unpaired) electrons. The van der Waals surface area contributed by atoms with Crippen molar-refractivity contribution in [3.05, 3.63) is 17.2 Å². The summed E-state index contributed by atoms with van der Waals surface area (Å²) in [5, 5.41) is 22.4. The highest BCUT2D eigenvalue weighted by molar-refractivity contribution is 7.17. The van der Waals surface area contributed by atoms with E-state index in [1.54, 1.807) is 6.33 Å². The fourth-order valence-electron chi connectivity index (χ4n) is 1.53. The number of nitrogens with one attached hydrogen (secondary N) is 2. The topological polar surface area (TPSA) is 97.6 Å². The summed E-state index contributed by atoms with van der Waals surface area (Å²) < 4.78 is 1.87. The van der Waals surface area contributed by atoms with Crippen LogP contribution in [-0.2, 0) is 13.1 Å². The van der Waals surface area contributed by atoms with Crippen molar-refractivity contribution in [1.29, 1.82) is 0 Å². The Labute approximate surface area is 120 Å². The van der Waals surface area contributed by atoms with Gasteiger partial charge in [-0.2, -0.15) is 0 Å². The van der Waals surface area contributed by atoms with Crippen LogP contribution in [0.1, 0.15) is 35.9 Å². The summed E-state index contributed by atoms with van der Waals surface area (Å²) in [7, 11) is 0. The first-order valence-electron chi connectivity index (χ1n) is 6.46. The molecule has 8 nitrogen and oxygen atoms in total. The molecule has 0 aliphatic carbocycles. The van der Waals surface area contributed by atoms with Crippen molar-refractivity contribution in [2.75, 3.05) is 11.9 Å². The zero-order chi connectivity index (χ0) is 14.4. The molecule has 9 heteroatoms. The van der Waals surface area contributed by atoms with Crippen molar-refractivity contribution in [2.45, 2.75) is 33.4 Å². The lowest BCUT2D eigenvalue weighted by molar-refractivity contribution is 0.0948. The normalized spacial score (nSPS) is 10.5. The fourth-order valence-corrected chi connectivity index (χ4v) is 2.22. The number of carbonyl (C=O) groups is 1. The van der Waals surface area contributed by atoms with E-state index in [1.165, 1.54) is 11.3 Å². The van der Waals surface area contributed by atoms with Gasteiger partial charge in [-0.05, 0) is 13.3 Å². The molecule has 20 heavy (non-hydrogen) atoms. The fraction of sp³-hybridized carbons (Fsp3) is 0.545. The molecule has 0 bridgehead atoms. The number of amides is 1. The van der Waals surface area contributed by atoms with Gasteiger partial charge in [-0.1, -0.05) is 18.3 Å². The second kappa shape index (κ2) is 6.94. The first kappa shape index (κ1) is 14.4. The lowest BCUT2D eigenvalue weighted by atomic mass is 10.5. The number of hydrogen-bond acceptors (Lipinski definition) is 7. The molecule has 0 spiro atoms. The number of hydrogen-bond donors (Lipinski definition) is 2. The highest BCUT2D eigenvalue weighted by Crippen LogP contribution is 2.14. The Morgan fingerprint density at radius 1 is 1.35 bits per heavy atom. The van der Waals surface area contributed by atoms with Gasteiger partial charge in [0.1, 0.15) is 6.33 Å². The van der Waals surface area contributed by atoms with Crippen LogP contribution in [0.25, 0.3) is 0 Å². The predicted octanol–water partition coefficient (Wildman–Crippen LogP) is 0.901. The maximum atomic E-state index is 11.9. The Bertz CT molecular complexity index is 565. The van der Waals surface area contributed by atoms with Gasteiger partial charge < -0.3 is 15.2 Å². The van der Waals surface area contributed by atoms with E-state index in [-0.39, 0.29) is 5.91 Å². The lowest BCUT2D eigenvalue weighted by Crippen LogP contribution is -2.24. The minimum atomic E-state index is -0.252. The van der Waals surface area contributed by atoms with Crippen LogP contribution >= 0.6 is 11.3 Å². The van der Waals surface area contributed by atoms with Crippen LogP contribution in [0.5, 0.6) is 0 Å². The maximum Gasteiger partial charge on any atom is 0.282 e. The number of anilines is 1. The third-order valence-corrected chi connectivity index (χ3v) is 3.47. The van der Waals surface area contributed by atoms with Crippen LogP contribution in [0.2, 0.25) is 0 Å². The highest BCUT2D eigenvalue weighted by Gasteiger charge is 2.13. The second-order valence-electron chi connectivity index (χ2n) is 4.06. The molecule has 0 unspecified atom stereocenters. The molecule has 0 aliphatic rings. The molecule has 2 heterocycles. The third kappa shape index (κ3) is 3.50. The van der Waals surface area contributed by atoms with E-state index < -0.39 is 0 Å². The monoisotopic (exact) mass is 295 g/mol. The van der Waals surface area contributed by atoms with E-state index >= 15 is 0 Å². The van der Waals surface area contributed by atoms with Gasteiger partial charge in [0, 0.05) is 13.1 Å². The van der Waals surface area contributed by atoms with Gasteiger partial charge in [0.15, 0.2) is 5.82 Å². The van der Waals surface area contributed by atoms with E-state index in [0.29, 0.717) is 16.7 Å². The smallest absolute Gasteiger partial charge is 0.282 e. The molecule has 0 atom stereocenters.